The lowest BCUT2D eigenvalue weighted by atomic mass is 9.89. The van der Waals surface area contributed by atoms with Crippen LogP contribution in [-0.4, -0.2) is 19.4 Å². The van der Waals surface area contributed by atoms with Gasteiger partial charge in [-0.3, -0.25) is 0 Å². The summed E-state index contributed by atoms with van der Waals surface area (Å²) >= 11 is 0. The summed E-state index contributed by atoms with van der Waals surface area (Å²) in [6, 6.07) is 3.85. The Morgan fingerprint density at radius 1 is 0.947 bits per heavy atom. The normalized spacial score (nSPS) is 14.8. The van der Waals surface area contributed by atoms with Crippen LogP contribution >= 0.6 is 0 Å². The van der Waals surface area contributed by atoms with Gasteiger partial charge in [-0.2, -0.15) is 26.3 Å². The molecular weight excluding hydrogens is 272 g/mol. The minimum absolute atomic E-state index is 0.00958. The number of nitrogens with one attached hydrogen (secondary N) is 1. The molecule has 108 valence electrons. The van der Waals surface area contributed by atoms with Crippen LogP contribution in [-0.2, 0) is 0 Å². The lowest BCUT2D eigenvalue weighted by Crippen LogP contribution is -2.45. The van der Waals surface area contributed by atoms with Crippen molar-refractivity contribution in [2.75, 3.05) is 7.05 Å². The molecule has 0 aromatic heterocycles. The average molecular weight is 285 g/mol. The summed E-state index contributed by atoms with van der Waals surface area (Å²) in [5, 5.41) is 2.13. The van der Waals surface area contributed by atoms with Crippen LogP contribution in [0.2, 0.25) is 0 Å². The summed E-state index contributed by atoms with van der Waals surface area (Å²) in [7, 11) is 1.08. The van der Waals surface area contributed by atoms with Gasteiger partial charge < -0.3 is 5.32 Å². The third kappa shape index (κ3) is 3.62. The Morgan fingerprint density at radius 2 is 1.42 bits per heavy atom. The predicted octanol–water partition coefficient (Wildman–Crippen LogP) is 4.00. The number of alkyl halides is 6. The molecule has 0 fully saturated rings. The summed E-state index contributed by atoms with van der Waals surface area (Å²) < 4.78 is 76.3. The third-order valence-corrected chi connectivity index (χ3v) is 2.87. The van der Waals surface area contributed by atoms with Crippen molar-refractivity contribution >= 4 is 0 Å². The van der Waals surface area contributed by atoms with E-state index in [4.69, 9.17) is 0 Å². The van der Waals surface area contributed by atoms with E-state index in [1.165, 1.54) is 25.1 Å². The van der Waals surface area contributed by atoms with Crippen LogP contribution in [0.1, 0.15) is 17.2 Å². The van der Waals surface area contributed by atoms with Crippen LogP contribution in [0.3, 0.4) is 0 Å². The van der Waals surface area contributed by atoms with E-state index >= 15 is 0 Å². The Morgan fingerprint density at radius 3 is 1.79 bits per heavy atom. The van der Waals surface area contributed by atoms with Gasteiger partial charge in [0.2, 0.25) is 0 Å². The molecule has 0 saturated heterocycles. The zero-order chi connectivity index (χ0) is 14.8. The van der Waals surface area contributed by atoms with Gasteiger partial charge in [-0.05, 0) is 25.1 Å². The highest BCUT2D eigenvalue weighted by atomic mass is 19.4. The van der Waals surface area contributed by atoms with E-state index in [2.05, 4.69) is 5.32 Å². The van der Waals surface area contributed by atoms with Gasteiger partial charge in [0.25, 0.3) is 0 Å². The quantitative estimate of drug-likeness (QED) is 0.828. The highest BCUT2D eigenvalue weighted by Gasteiger charge is 2.60. The van der Waals surface area contributed by atoms with Crippen molar-refractivity contribution in [3.05, 3.63) is 35.4 Å². The first kappa shape index (κ1) is 15.8. The molecular formula is C12H13F6N. The van der Waals surface area contributed by atoms with Crippen molar-refractivity contribution in [3.8, 4) is 0 Å². The summed E-state index contributed by atoms with van der Waals surface area (Å²) in [6.45, 7) is 1.48. The van der Waals surface area contributed by atoms with Gasteiger partial charge in [0.1, 0.15) is 0 Å². The second-order valence-electron chi connectivity index (χ2n) is 4.18. The number of hydrogen-bond donors (Lipinski definition) is 1. The van der Waals surface area contributed by atoms with Crippen LogP contribution in [0.25, 0.3) is 0 Å². The molecule has 1 aromatic carbocycles. The van der Waals surface area contributed by atoms with Gasteiger partial charge >= 0.3 is 12.4 Å². The average Bonchev–Trinajstić information content (AvgIpc) is 2.23. The zero-order valence-electron chi connectivity index (χ0n) is 10.2. The molecule has 1 N–H and O–H groups in total. The fraction of sp³-hybridized carbons (Fsp3) is 0.500. The van der Waals surface area contributed by atoms with E-state index in [-0.39, 0.29) is 5.56 Å². The van der Waals surface area contributed by atoms with E-state index in [9.17, 15) is 26.3 Å². The molecule has 0 spiro atoms. The van der Waals surface area contributed by atoms with Gasteiger partial charge in [0.05, 0.1) is 6.04 Å². The first-order chi connectivity index (χ1) is 8.59. The maximum atomic E-state index is 12.7. The second-order valence-corrected chi connectivity index (χ2v) is 4.18. The maximum absolute atomic E-state index is 12.7. The van der Waals surface area contributed by atoms with E-state index in [1.807, 2.05) is 0 Å². The number of benzene rings is 1. The largest absolute Gasteiger partial charge is 0.402 e. The van der Waals surface area contributed by atoms with E-state index < -0.39 is 24.3 Å². The topological polar surface area (TPSA) is 12.0 Å². The van der Waals surface area contributed by atoms with Gasteiger partial charge in [-0.25, -0.2) is 0 Å². The van der Waals surface area contributed by atoms with Crippen molar-refractivity contribution in [1.29, 1.82) is 0 Å². The molecule has 19 heavy (non-hydrogen) atoms. The van der Waals surface area contributed by atoms with Crippen molar-refractivity contribution in [2.24, 2.45) is 5.92 Å². The van der Waals surface area contributed by atoms with Crippen LogP contribution < -0.4 is 5.32 Å². The molecule has 0 saturated carbocycles. The van der Waals surface area contributed by atoms with Crippen molar-refractivity contribution in [3.63, 3.8) is 0 Å². The molecule has 0 heterocycles. The minimum atomic E-state index is -5.37. The lowest BCUT2D eigenvalue weighted by molar-refractivity contribution is -0.292. The monoisotopic (exact) mass is 285 g/mol. The molecule has 1 unspecified atom stereocenters. The predicted molar refractivity (Wildman–Crippen MR) is 58.6 cm³/mol. The summed E-state index contributed by atoms with van der Waals surface area (Å²) in [5.41, 5.74) is 0.366. The standard InChI is InChI=1S/C12H13F6N/c1-7-5-3-4-6-8(7)9(19-2)10(11(13,14)15)12(16,17)18/h3-6,9-10,19H,1-2H3. The van der Waals surface area contributed by atoms with Crippen molar-refractivity contribution in [1.82, 2.24) is 5.32 Å². The number of halogens is 6. The first-order valence-corrected chi connectivity index (χ1v) is 5.45. The number of hydrogen-bond acceptors (Lipinski definition) is 1. The molecule has 0 bridgehead atoms. The maximum Gasteiger partial charge on any atom is 0.402 e. The molecule has 1 atom stereocenters. The molecule has 0 aliphatic heterocycles. The van der Waals surface area contributed by atoms with Crippen LogP contribution in [0.5, 0.6) is 0 Å². The van der Waals surface area contributed by atoms with Gasteiger partial charge in [-0.1, -0.05) is 24.3 Å². The highest BCUT2D eigenvalue weighted by molar-refractivity contribution is 5.29. The van der Waals surface area contributed by atoms with Crippen molar-refractivity contribution in [2.45, 2.75) is 25.3 Å². The summed E-state index contributed by atoms with van der Waals surface area (Å²) in [6.07, 6.45) is -10.7. The molecule has 1 rings (SSSR count). The van der Waals surface area contributed by atoms with Crippen LogP contribution in [0.4, 0.5) is 26.3 Å². The summed E-state index contributed by atoms with van der Waals surface area (Å²) in [4.78, 5) is 0. The molecule has 0 aliphatic rings. The zero-order valence-corrected chi connectivity index (χ0v) is 10.2. The molecule has 0 radical (unpaired) electrons. The molecule has 1 nitrogen and oxygen atoms in total. The Balaban J connectivity index is 3.30. The Bertz CT molecular complexity index is 409. The fourth-order valence-electron chi connectivity index (χ4n) is 2.00. The Labute approximate surface area is 106 Å². The second kappa shape index (κ2) is 5.40. The highest BCUT2D eigenvalue weighted by Crippen LogP contribution is 2.46. The summed E-state index contributed by atoms with van der Waals surface area (Å²) in [5.74, 6) is -3.44. The Hall–Kier alpha value is -1.24. The van der Waals surface area contributed by atoms with Crippen LogP contribution in [0, 0.1) is 12.8 Å². The van der Waals surface area contributed by atoms with E-state index in [1.54, 1.807) is 6.07 Å². The van der Waals surface area contributed by atoms with E-state index in [0.29, 0.717) is 5.56 Å². The third-order valence-electron chi connectivity index (χ3n) is 2.87. The molecule has 1 aromatic rings. The smallest absolute Gasteiger partial charge is 0.312 e. The molecule has 0 amide bonds. The number of rotatable bonds is 3. The van der Waals surface area contributed by atoms with Crippen molar-refractivity contribution < 1.29 is 26.3 Å². The van der Waals surface area contributed by atoms with Crippen LogP contribution in [0.15, 0.2) is 24.3 Å². The Kier molecular flexibility index (Phi) is 4.50. The van der Waals surface area contributed by atoms with Gasteiger partial charge in [-0.15, -0.1) is 0 Å². The van der Waals surface area contributed by atoms with E-state index in [0.717, 1.165) is 7.05 Å². The van der Waals surface area contributed by atoms with Gasteiger partial charge in [0, 0.05) is 0 Å². The minimum Gasteiger partial charge on any atom is -0.312 e. The number of aryl methyl sites for hydroxylation is 1. The molecule has 0 aliphatic carbocycles. The lowest BCUT2D eigenvalue weighted by Gasteiger charge is -2.31. The first-order valence-electron chi connectivity index (χ1n) is 5.45. The fourth-order valence-corrected chi connectivity index (χ4v) is 2.00. The SMILES string of the molecule is CNC(c1ccccc1C)C(C(F)(F)F)C(F)(F)F. The van der Waals surface area contributed by atoms with Gasteiger partial charge in [0.15, 0.2) is 5.92 Å². The molecule has 7 heteroatoms.